The monoisotopic (exact) mass is 132 g/mol. The molecule has 0 aliphatic heterocycles. The summed E-state index contributed by atoms with van der Waals surface area (Å²) in [6, 6.07) is 0. The summed E-state index contributed by atoms with van der Waals surface area (Å²) in [6.07, 6.45) is 2.88. The molecule has 0 rings (SSSR count). The molecule has 4 heteroatoms. The average molecular weight is 132 g/mol. The molecular formula is C4H8O3Si. The number of carbonyl (C=O) groups excluding carboxylic acids is 1. The second-order valence-corrected chi connectivity index (χ2v) is 1.40. The van der Waals surface area contributed by atoms with E-state index in [9.17, 15) is 4.79 Å². The van der Waals surface area contributed by atoms with Gasteiger partial charge in [0.05, 0.1) is 0 Å². The van der Waals surface area contributed by atoms with Crippen LogP contribution in [0.3, 0.4) is 0 Å². The standard InChI is InChI=1S/C4H8O3Si/c1-2-3-4(5)6-7-8/h2-3H,1,8H3. The summed E-state index contributed by atoms with van der Waals surface area (Å²) in [5, 5.41) is 0. The lowest BCUT2D eigenvalue weighted by Crippen LogP contribution is -1.98. The van der Waals surface area contributed by atoms with Crippen LogP contribution in [0.25, 0.3) is 0 Å². The number of rotatable bonds is 2. The van der Waals surface area contributed by atoms with Crippen LogP contribution < -0.4 is 0 Å². The smallest absolute Gasteiger partial charge is 0.306 e. The fourth-order valence-electron chi connectivity index (χ4n) is 0.246. The Kier molecular flexibility index (Phi) is 4.20. The number of hydrogen-bond donors (Lipinski definition) is 0. The zero-order valence-corrected chi connectivity index (χ0v) is 6.88. The van der Waals surface area contributed by atoms with Crippen molar-refractivity contribution in [2.75, 3.05) is 0 Å². The van der Waals surface area contributed by atoms with Crippen molar-refractivity contribution in [1.82, 2.24) is 0 Å². The largest absolute Gasteiger partial charge is 0.364 e. The molecule has 46 valence electrons. The molecule has 0 aromatic heterocycles. The van der Waals surface area contributed by atoms with Gasteiger partial charge in [0.15, 0.2) is 0 Å². The molecule has 0 fully saturated rings. The van der Waals surface area contributed by atoms with Crippen molar-refractivity contribution in [3.05, 3.63) is 12.2 Å². The Morgan fingerprint density at radius 2 is 2.38 bits per heavy atom. The van der Waals surface area contributed by atoms with Crippen LogP contribution in [0.15, 0.2) is 12.2 Å². The summed E-state index contributed by atoms with van der Waals surface area (Å²) in [7, 11) is 0.417. The predicted molar refractivity (Wildman–Crippen MR) is 31.9 cm³/mol. The van der Waals surface area contributed by atoms with Crippen molar-refractivity contribution >= 4 is 16.5 Å². The van der Waals surface area contributed by atoms with E-state index in [1.165, 1.54) is 6.08 Å². The molecule has 0 aromatic rings. The van der Waals surface area contributed by atoms with Crippen molar-refractivity contribution in [3.8, 4) is 0 Å². The second kappa shape index (κ2) is 4.54. The summed E-state index contributed by atoms with van der Waals surface area (Å²) in [6.45, 7) is 1.73. The average Bonchev–Trinajstić information content (AvgIpc) is 1.68. The molecule has 0 aromatic carbocycles. The molecule has 0 bridgehead atoms. The number of carbonyl (C=O) groups is 1. The van der Waals surface area contributed by atoms with Gasteiger partial charge in [-0.2, -0.15) is 0 Å². The third-order valence-electron chi connectivity index (χ3n) is 0.468. The first-order chi connectivity index (χ1) is 3.81. The van der Waals surface area contributed by atoms with Crippen molar-refractivity contribution in [2.45, 2.75) is 6.92 Å². The van der Waals surface area contributed by atoms with Crippen molar-refractivity contribution in [2.24, 2.45) is 0 Å². The van der Waals surface area contributed by atoms with E-state index in [1.54, 1.807) is 13.0 Å². The Bertz CT molecular complexity index is 99.5. The minimum absolute atomic E-state index is 0.417. The number of allylic oxidation sites excluding steroid dienone is 1. The number of hydrogen-bond acceptors (Lipinski definition) is 3. The SMILES string of the molecule is CC=CC(=O)OO[SiH3]. The molecule has 0 radical (unpaired) electrons. The maximum Gasteiger partial charge on any atom is 0.364 e. The first-order valence-corrected chi connectivity index (χ1v) is 3.00. The van der Waals surface area contributed by atoms with Crippen LogP contribution in [0.2, 0.25) is 0 Å². The van der Waals surface area contributed by atoms with E-state index in [4.69, 9.17) is 0 Å². The maximum atomic E-state index is 10.2. The fourth-order valence-corrected chi connectivity index (χ4v) is 0.410. The van der Waals surface area contributed by atoms with E-state index in [0.29, 0.717) is 10.5 Å². The van der Waals surface area contributed by atoms with Crippen LogP contribution >= 0.6 is 0 Å². The second-order valence-electron chi connectivity index (χ2n) is 1.07. The quantitative estimate of drug-likeness (QED) is 0.216. The molecule has 0 spiro atoms. The highest BCUT2D eigenvalue weighted by molar-refractivity contribution is 5.98. The van der Waals surface area contributed by atoms with Crippen LogP contribution in [-0.2, 0) is 14.3 Å². The zero-order chi connectivity index (χ0) is 6.41. The lowest BCUT2D eigenvalue weighted by molar-refractivity contribution is -0.205. The molecule has 0 heterocycles. The third-order valence-corrected chi connectivity index (χ3v) is 0.635. The van der Waals surface area contributed by atoms with E-state index in [0.717, 1.165) is 0 Å². The Hall–Kier alpha value is -0.613. The van der Waals surface area contributed by atoms with Crippen molar-refractivity contribution in [1.29, 1.82) is 0 Å². The minimum atomic E-state index is -0.456. The van der Waals surface area contributed by atoms with Gasteiger partial charge in [0, 0.05) is 6.08 Å². The molecule has 0 amide bonds. The van der Waals surface area contributed by atoms with E-state index < -0.39 is 5.97 Å². The molecule has 0 aliphatic carbocycles. The van der Waals surface area contributed by atoms with Gasteiger partial charge in [-0.1, -0.05) is 6.08 Å². The Balaban J connectivity index is 3.33. The summed E-state index contributed by atoms with van der Waals surface area (Å²) < 4.78 is 4.19. The van der Waals surface area contributed by atoms with E-state index in [-0.39, 0.29) is 0 Å². The molecule has 0 saturated heterocycles. The summed E-state index contributed by atoms with van der Waals surface area (Å²) in [5.41, 5.74) is 0. The maximum absolute atomic E-state index is 10.2. The highest BCUT2D eigenvalue weighted by Crippen LogP contribution is 1.78. The molecule has 0 unspecified atom stereocenters. The lowest BCUT2D eigenvalue weighted by atomic mass is 10.5. The first kappa shape index (κ1) is 7.39. The van der Waals surface area contributed by atoms with E-state index in [1.807, 2.05) is 0 Å². The summed E-state index contributed by atoms with van der Waals surface area (Å²) >= 11 is 0. The van der Waals surface area contributed by atoms with Gasteiger partial charge in [-0.25, -0.2) is 4.79 Å². The van der Waals surface area contributed by atoms with Crippen LogP contribution in [0, 0.1) is 0 Å². The topological polar surface area (TPSA) is 35.5 Å². The lowest BCUT2D eigenvalue weighted by Gasteiger charge is -1.91. The van der Waals surface area contributed by atoms with Gasteiger partial charge in [0.2, 0.25) is 10.5 Å². The first-order valence-electron chi connectivity index (χ1n) is 2.18. The normalized spacial score (nSPS) is 10.1. The molecule has 8 heavy (non-hydrogen) atoms. The van der Waals surface area contributed by atoms with Gasteiger partial charge in [0.25, 0.3) is 0 Å². The van der Waals surface area contributed by atoms with E-state index in [2.05, 4.69) is 9.46 Å². The van der Waals surface area contributed by atoms with Gasteiger partial charge in [-0.15, -0.1) is 0 Å². The van der Waals surface area contributed by atoms with Gasteiger partial charge < -0.3 is 4.89 Å². The molecular weight excluding hydrogens is 124 g/mol. The molecule has 0 saturated carbocycles. The van der Waals surface area contributed by atoms with Gasteiger partial charge in [-0.3, -0.25) is 4.58 Å². The summed E-state index contributed by atoms with van der Waals surface area (Å²) in [4.78, 5) is 14.3. The highest BCUT2D eigenvalue weighted by Gasteiger charge is 1.90. The Morgan fingerprint density at radius 3 is 2.75 bits per heavy atom. The summed E-state index contributed by atoms with van der Waals surface area (Å²) in [5.74, 6) is -0.456. The Morgan fingerprint density at radius 1 is 1.75 bits per heavy atom. The minimum Gasteiger partial charge on any atom is -0.306 e. The van der Waals surface area contributed by atoms with E-state index >= 15 is 0 Å². The predicted octanol–water partition coefficient (Wildman–Crippen LogP) is -0.682. The van der Waals surface area contributed by atoms with Crippen LogP contribution in [0.1, 0.15) is 6.92 Å². The van der Waals surface area contributed by atoms with Crippen molar-refractivity contribution < 1.29 is 14.3 Å². The molecule has 0 atom stereocenters. The van der Waals surface area contributed by atoms with Gasteiger partial charge >= 0.3 is 5.97 Å². The Labute approximate surface area is 50.8 Å². The fraction of sp³-hybridized carbons (Fsp3) is 0.250. The molecule has 3 nitrogen and oxygen atoms in total. The molecule has 0 aliphatic rings. The van der Waals surface area contributed by atoms with Crippen LogP contribution in [0.5, 0.6) is 0 Å². The van der Waals surface area contributed by atoms with Gasteiger partial charge in [-0.05, 0) is 6.92 Å². The molecule has 0 N–H and O–H groups in total. The van der Waals surface area contributed by atoms with Crippen LogP contribution in [0.4, 0.5) is 0 Å². The highest BCUT2D eigenvalue weighted by atomic mass is 28.2. The van der Waals surface area contributed by atoms with Crippen molar-refractivity contribution in [3.63, 3.8) is 0 Å². The van der Waals surface area contributed by atoms with Crippen LogP contribution in [-0.4, -0.2) is 16.5 Å². The third kappa shape index (κ3) is 3.57. The zero-order valence-electron chi connectivity index (χ0n) is 4.88. The van der Waals surface area contributed by atoms with Gasteiger partial charge in [0.1, 0.15) is 0 Å².